The third-order valence-electron chi connectivity index (χ3n) is 2.87. The lowest BCUT2D eigenvalue weighted by Gasteiger charge is -2.13. The minimum atomic E-state index is 0.770. The first-order valence-electron chi connectivity index (χ1n) is 6.11. The first-order chi connectivity index (χ1) is 8.19. The number of aromatic amines is 1. The van der Waals surface area contributed by atoms with Crippen LogP contribution >= 0.6 is 0 Å². The van der Waals surface area contributed by atoms with Crippen molar-refractivity contribution in [2.75, 3.05) is 19.3 Å². The van der Waals surface area contributed by atoms with Crippen molar-refractivity contribution in [2.24, 2.45) is 0 Å². The van der Waals surface area contributed by atoms with Crippen molar-refractivity contribution in [2.45, 2.75) is 26.3 Å². The number of aromatic nitrogens is 2. The predicted molar refractivity (Wildman–Crippen MR) is 71.7 cm³/mol. The van der Waals surface area contributed by atoms with Crippen LogP contribution in [0.25, 0.3) is 11.0 Å². The lowest BCUT2D eigenvalue weighted by molar-refractivity contribution is 0.314. The van der Waals surface area contributed by atoms with Crippen LogP contribution in [-0.4, -0.2) is 28.5 Å². The van der Waals surface area contributed by atoms with E-state index in [9.17, 15) is 0 Å². The molecule has 92 valence electrons. The van der Waals surface area contributed by atoms with Gasteiger partial charge in [0.1, 0.15) is 5.82 Å². The Morgan fingerprint density at radius 2 is 2.24 bits per heavy atom. The van der Waals surface area contributed by atoms with Crippen LogP contribution in [0, 0.1) is 0 Å². The lowest BCUT2D eigenvalue weighted by Crippen LogP contribution is -2.19. The molecule has 0 unspecified atom stereocenters. The molecule has 0 fully saturated rings. The fraction of sp³-hybridized carbons (Fsp3) is 0.462. The summed E-state index contributed by atoms with van der Waals surface area (Å²) in [6.45, 7) is 4.17. The average Bonchev–Trinajstić information content (AvgIpc) is 2.67. The van der Waals surface area contributed by atoms with E-state index in [1.807, 2.05) is 18.2 Å². The summed E-state index contributed by atoms with van der Waals surface area (Å²) < 4.78 is 0. The third kappa shape index (κ3) is 2.97. The van der Waals surface area contributed by atoms with E-state index in [1.54, 1.807) is 0 Å². The summed E-state index contributed by atoms with van der Waals surface area (Å²) in [6.07, 6.45) is 2.45. The molecule has 2 rings (SSSR count). The number of fused-ring (bicyclic) bond motifs is 1. The number of nitrogens with one attached hydrogen (secondary N) is 1. The van der Waals surface area contributed by atoms with Gasteiger partial charge in [-0.15, -0.1) is 0 Å². The van der Waals surface area contributed by atoms with Crippen LogP contribution in [0.4, 0.5) is 5.69 Å². The monoisotopic (exact) mass is 232 g/mol. The molecule has 0 bridgehead atoms. The Hall–Kier alpha value is -1.55. The van der Waals surface area contributed by atoms with Crippen LogP contribution in [-0.2, 0) is 6.54 Å². The van der Waals surface area contributed by atoms with Gasteiger partial charge in [-0.25, -0.2) is 4.98 Å². The zero-order chi connectivity index (χ0) is 12.3. The number of nitrogens with two attached hydrogens (primary N) is 1. The molecule has 4 heteroatoms. The van der Waals surface area contributed by atoms with Gasteiger partial charge >= 0.3 is 0 Å². The van der Waals surface area contributed by atoms with E-state index >= 15 is 0 Å². The van der Waals surface area contributed by atoms with Crippen molar-refractivity contribution in [1.82, 2.24) is 14.9 Å². The van der Waals surface area contributed by atoms with Crippen molar-refractivity contribution in [3.63, 3.8) is 0 Å². The Morgan fingerprint density at radius 1 is 1.41 bits per heavy atom. The predicted octanol–water partition coefficient (Wildman–Crippen LogP) is 2.38. The molecule has 0 radical (unpaired) electrons. The number of unbranched alkanes of at least 4 members (excludes halogenated alkanes) is 1. The highest BCUT2D eigenvalue weighted by Gasteiger charge is 2.05. The van der Waals surface area contributed by atoms with Gasteiger partial charge in [-0.1, -0.05) is 13.3 Å². The second kappa shape index (κ2) is 5.19. The lowest BCUT2D eigenvalue weighted by atomic mass is 10.3. The number of rotatable bonds is 5. The van der Waals surface area contributed by atoms with Gasteiger partial charge in [-0.05, 0) is 38.2 Å². The molecule has 0 amide bonds. The molecule has 1 aromatic carbocycles. The van der Waals surface area contributed by atoms with Gasteiger partial charge in [0, 0.05) is 5.69 Å². The molecule has 0 spiro atoms. The summed E-state index contributed by atoms with van der Waals surface area (Å²) in [6, 6.07) is 5.77. The molecule has 0 saturated heterocycles. The molecule has 1 aromatic heterocycles. The van der Waals surface area contributed by atoms with Gasteiger partial charge in [0.05, 0.1) is 17.6 Å². The van der Waals surface area contributed by atoms with Crippen LogP contribution in [0.2, 0.25) is 0 Å². The summed E-state index contributed by atoms with van der Waals surface area (Å²) >= 11 is 0. The van der Waals surface area contributed by atoms with Crippen LogP contribution in [0.5, 0.6) is 0 Å². The number of anilines is 1. The Bertz CT molecular complexity index is 489. The number of nitrogen functional groups attached to an aromatic ring is 1. The topological polar surface area (TPSA) is 57.9 Å². The van der Waals surface area contributed by atoms with E-state index in [1.165, 1.54) is 12.8 Å². The SMILES string of the molecule is CCCCN(C)Cc1nc2ccc(N)cc2[nH]1. The van der Waals surface area contributed by atoms with Gasteiger partial charge < -0.3 is 10.7 Å². The maximum absolute atomic E-state index is 5.74. The van der Waals surface area contributed by atoms with E-state index in [4.69, 9.17) is 5.73 Å². The van der Waals surface area contributed by atoms with E-state index < -0.39 is 0 Å². The molecular weight excluding hydrogens is 212 g/mol. The molecule has 0 atom stereocenters. The van der Waals surface area contributed by atoms with Gasteiger partial charge in [-0.3, -0.25) is 4.90 Å². The number of nitrogens with zero attached hydrogens (tertiary/aromatic N) is 2. The second-order valence-corrected chi connectivity index (χ2v) is 4.55. The molecule has 1 heterocycles. The van der Waals surface area contributed by atoms with E-state index in [0.717, 1.165) is 35.6 Å². The number of imidazole rings is 1. The highest BCUT2D eigenvalue weighted by Crippen LogP contribution is 2.15. The van der Waals surface area contributed by atoms with Gasteiger partial charge in [-0.2, -0.15) is 0 Å². The number of hydrogen-bond donors (Lipinski definition) is 2. The highest BCUT2D eigenvalue weighted by molar-refractivity contribution is 5.78. The van der Waals surface area contributed by atoms with Crippen LogP contribution in [0.3, 0.4) is 0 Å². The van der Waals surface area contributed by atoms with Crippen LogP contribution in [0.1, 0.15) is 25.6 Å². The van der Waals surface area contributed by atoms with Gasteiger partial charge in [0.2, 0.25) is 0 Å². The molecule has 0 aliphatic rings. The summed E-state index contributed by atoms with van der Waals surface area (Å²) in [5.41, 5.74) is 8.51. The quantitative estimate of drug-likeness (QED) is 0.778. The average molecular weight is 232 g/mol. The van der Waals surface area contributed by atoms with E-state index in [0.29, 0.717) is 0 Å². The van der Waals surface area contributed by atoms with Crippen molar-refractivity contribution in [3.05, 3.63) is 24.0 Å². The Labute approximate surface area is 102 Å². The number of hydrogen-bond acceptors (Lipinski definition) is 3. The molecule has 3 N–H and O–H groups in total. The Balaban J connectivity index is 2.08. The zero-order valence-corrected chi connectivity index (χ0v) is 10.5. The minimum absolute atomic E-state index is 0.770. The van der Waals surface area contributed by atoms with Gasteiger partial charge in [0.15, 0.2) is 0 Å². The first kappa shape index (κ1) is 11.9. The maximum Gasteiger partial charge on any atom is 0.121 e. The molecule has 2 aromatic rings. The number of H-pyrrole nitrogens is 1. The molecular formula is C13H20N4. The summed E-state index contributed by atoms with van der Waals surface area (Å²) in [7, 11) is 2.12. The summed E-state index contributed by atoms with van der Waals surface area (Å²) in [4.78, 5) is 10.1. The smallest absolute Gasteiger partial charge is 0.121 e. The Morgan fingerprint density at radius 3 is 3.00 bits per heavy atom. The highest BCUT2D eigenvalue weighted by atomic mass is 15.1. The van der Waals surface area contributed by atoms with Crippen LogP contribution < -0.4 is 5.73 Å². The van der Waals surface area contributed by atoms with Crippen molar-refractivity contribution < 1.29 is 0 Å². The molecule has 0 aliphatic heterocycles. The van der Waals surface area contributed by atoms with Crippen molar-refractivity contribution in [3.8, 4) is 0 Å². The molecule has 4 nitrogen and oxygen atoms in total. The Kier molecular flexibility index (Phi) is 3.64. The first-order valence-corrected chi connectivity index (χ1v) is 6.11. The fourth-order valence-corrected chi connectivity index (χ4v) is 1.92. The van der Waals surface area contributed by atoms with Crippen molar-refractivity contribution >= 4 is 16.7 Å². The normalized spacial score (nSPS) is 11.5. The number of benzene rings is 1. The summed E-state index contributed by atoms with van der Waals surface area (Å²) in [5, 5.41) is 0. The van der Waals surface area contributed by atoms with Gasteiger partial charge in [0.25, 0.3) is 0 Å². The largest absolute Gasteiger partial charge is 0.399 e. The fourth-order valence-electron chi connectivity index (χ4n) is 1.92. The standard InChI is InChI=1S/C13H20N4/c1-3-4-7-17(2)9-13-15-11-6-5-10(14)8-12(11)16-13/h5-6,8H,3-4,7,9,14H2,1-2H3,(H,15,16). The maximum atomic E-state index is 5.74. The summed E-state index contributed by atoms with van der Waals surface area (Å²) in [5.74, 6) is 1.00. The van der Waals surface area contributed by atoms with Crippen molar-refractivity contribution in [1.29, 1.82) is 0 Å². The molecule has 17 heavy (non-hydrogen) atoms. The third-order valence-corrected chi connectivity index (χ3v) is 2.87. The van der Waals surface area contributed by atoms with Crippen LogP contribution in [0.15, 0.2) is 18.2 Å². The minimum Gasteiger partial charge on any atom is -0.399 e. The molecule has 0 saturated carbocycles. The van der Waals surface area contributed by atoms with E-state index in [2.05, 4.69) is 28.8 Å². The molecule has 0 aliphatic carbocycles. The van der Waals surface area contributed by atoms with E-state index in [-0.39, 0.29) is 0 Å². The zero-order valence-electron chi connectivity index (χ0n) is 10.5. The second-order valence-electron chi connectivity index (χ2n) is 4.55.